The number of pyridine rings is 1. The van der Waals surface area contributed by atoms with Gasteiger partial charge in [0.2, 0.25) is 5.91 Å². The largest absolute Gasteiger partial charge is 0.356 e. The molecule has 2 heterocycles. The van der Waals surface area contributed by atoms with Gasteiger partial charge in [-0.3, -0.25) is 14.7 Å². The Bertz CT molecular complexity index is 441. The van der Waals surface area contributed by atoms with Crippen LogP contribution in [-0.2, 0) is 4.79 Å². The third-order valence-corrected chi connectivity index (χ3v) is 4.17. The number of nitrogens with one attached hydrogen (secondary N) is 1. The van der Waals surface area contributed by atoms with Crippen LogP contribution in [0.5, 0.6) is 0 Å². The molecule has 0 spiro atoms. The zero-order chi connectivity index (χ0) is 15.2. The summed E-state index contributed by atoms with van der Waals surface area (Å²) in [6.45, 7) is 6.42. The average Bonchev–Trinajstić information content (AvgIpc) is 2.47. The Balaban J connectivity index is 1.94. The first-order chi connectivity index (χ1) is 10.1. The summed E-state index contributed by atoms with van der Waals surface area (Å²) in [5, 5.41) is 2.92. The van der Waals surface area contributed by atoms with Crippen molar-refractivity contribution in [3.05, 3.63) is 30.1 Å². The smallest absolute Gasteiger partial charge is 0.216 e. The van der Waals surface area contributed by atoms with Gasteiger partial charge in [-0.05, 0) is 50.9 Å². The van der Waals surface area contributed by atoms with Crippen molar-refractivity contribution >= 4 is 5.91 Å². The lowest BCUT2D eigenvalue weighted by atomic mass is 9.93. The van der Waals surface area contributed by atoms with Crippen LogP contribution in [0.15, 0.2) is 24.4 Å². The normalized spacial score (nSPS) is 20.0. The van der Waals surface area contributed by atoms with E-state index < -0.39 is 0 Å². The maximum Gasteiger partial charge on any atom is 0.216 e. The van der Waals surface area contributed by atoms with Gasteiger partial charge < -0.3 is 11.1 Å². The van der Waals surface area contributed by atoms with E-state index in [1.165, 1.54) is 0 Å². The van der Waals surface area contributed by atoms with E-state index in [9.17, 15) is 4.79 Å². The Hall–Kier alpha value is -1.46. The maximum absolute atomic E-state index is 11.0. The molecule has 1 aromatic heterocycles. The van der Waals surface area contributed by atoms with Crippen molar-refractivity contribution in [1.82, 2.24) is 15.2 Å². The van der Waals surface area contributed by atoms with Crippen LogP contribution in [0.25, 0.3) is 0 Å². The Morgan fingerprint density at radius 2 is 2.19 bits per heavy atom. The fourth-order valence-corrected chi connectivity index (χ4v) is 3.06. The quantitative estimate of drug-likeness (QED) is 0.858. The molecule has 116 valence electrons. The number of nitrogens with zero attached hydrogens (tertiary/aromatic N) is 2. The lowest BCUT2D eigenvalue weighted by Crippen LogP contribution is -2.45. The van der Waals surface area contributed by atoms with Crippen molar-refractivity contribution < 1.29 is 4.79 Å². The number of hydrogen-bond donors (Lipinski definition) is 2. The number of carbonyl (C=O) groups is 1. The minimum absolute atomic E-state index is 0.0480. The molecule has 0 bridgehead atoms. The second kappa shape index (κ2) is 7.52. The number of hydrogen-bond acceptors (Lipinski definition) is 4. The summed E-state index contributed by atoms with van der Waals surface area (Å²) in [7, 11) is 0. The van der Waals surface area contributed by atoms with Crippen LogP contribution in [-0.4, -0.2) is 41.5 Å². The van der Waals surface area contributed by atoms with Crippen molar-refractivity contribution in [2.75, 3.05) is 19.6 Å². The van der Waals surface area contributed by atoms with Crippen LogP contribution in [0.4, 0.5) is 0 Å². The summed E-state index contributed by atoms with van der Waals surface area (Å²) < 4.78 is 0. The van der Waals surface area contributed by atoms with E-state index in [0.717, 1.165) is 38.2 Å². The summed E-state index contributed by atoms with van der Waals surface area (Å²) in [6, 6.07) is 6.22. The number of aromatic nitrogens is 1. The fourth-order valence-electron chi connectivity index (χ4n) is 3.06. The SMILES string of the molecule is CC(=O)NCC1CCN(C(c2ccccn2)C(C)N)CC1. The first kappa shape index (κ1) is 15.9. The van der Waals surface area contributed by atoms with Gasteiger partial charge in [-0.15, -0.1) is 0 Å². The van der Waals surface area contributed by atoms with Crippen LogP contribution >= 0.6 is 0 Å². The molecule has 1 fully saturated rings. The molecular weight excluding hydrogens is 264 g/mol. The first-order valence-electron chi connectivity index (χ1n) is 7.73. The number of piperidine rings is 1. The lowest BCUT2D eigenvalue weighted by molar-refractivity contribution is -0.119. The first-order valence-corrected chi connectivity index (χ1v) is 7.73. The highest BCUT2D eigenvalue weighted by molar-refractivity contribution is 5.72. The number of carbonyl (C=O) groups excluding carboxylic acids is 1. The van der Waals surface area contributed by atoms with Crippen LogP contribution in [0, 0.1) is 5.92 Å². The topological polar surface area (TPSA) is 71.2 Å². The van der Waals surface area contributed by atoms with Crippen LogP contribution in [0.2, 0.25) is 0 Å². The summed E-state index contributed by atoms with van der Waals surface area (Å²) in [5.41, 5.74) is 7.24. The molecule has 1 aromatic rings. The summed E-state index contributed by atoms with van der Waals surface area (Å²) in [6.07, 6.45) is 4.01. The molecule has 3 N–H and O–H groups in total. The molecule has 1 aliphatic rings. The number of nitrogens with two attached hydrogens (primary N) is 1. The van der Waals surface area contributed by atoms with Crippen LogP contribution in [0.3, 0.4) is 0 Å². The third-order valence-electron chi connectivity index (χ3n) is 4.17. The standard InChI is InChI=1S/C16H26N4O/c1-12(17)16(15-5-3-4-8-18-15)20-9-6-14(7-10-20)11-19-13(2)21/h3-5,8,12,14,16H,6-7,9-11,17H2,1-2H3,(H,19,21). The zero-order valence-electron chi connectivity index (χ0n) is 13.0. The summed E-state index contributed by atoms with van der Waals surface area (Å²) in [4.78, 5) is 17.9. The molecule has 2 rings (SSSR count). The second-order valence-electron chi connectivity index (χ2n) is 5.97. The molecule has 1 aliphatic heterocycles. The average molecular weight is 290 g/mol. The van der Waals surface area contributed by atoms with Crippen molar-refractivity contribution in [3.63, 3.8) is 0 Å². The Morgan fingerprint density at radius 1 is 1.48 bits per heavy atom. The van der Waals surface area contributed by atoms with Gasteiger partial charge in [0.1, 0.15) is 0 Å². The number of likely N-dealkylation sites (tertiary alicyclic amines) is 1. The van der Waals surface area contributed by atoms with Crippen molar-refractivity contribution in [2.24, 2.45) is 11.7 Å². The van der Waals surface area contributed by atoms with Gasteiger partial charge in [-0.25, -0.2) is 0 Å². The molecule has 0 saturated carbocycles. The highest BCUT2D eigenvalue weighted by atomic mass is 16.1. The van der Waals surface area contributed by atoms with Gasteiger partial charge >= 0.3 is 0 Å². The van der Waals surface area contributed by atoms with E-state index in [4.69, 9.17) is 5.73 Å². The molecule has 0 aliphatic carbocycles. The van der Waals surface area contributed by atoms with Gasteiger partial charge in [-0.1, -0.05) is 6.07 Å². The summed E-state index contributed by atoms with van der Waals surface area (Å²) in [5.74, 6) is 0.627. The van der Waals surface area contributed by atoms with E-state index in [-0.39, 0.29) is 18.0 Å². The zero-order valence-corrected chi connectivity index (χ0v) is 13.0. The van der Waals surface area contributed by atoms with Gasteiger partial charge in [0.05, 0.1) is 11.7 Å². The second-order valence-corrected chi connectivity index (χ2v) is 5.97. The van der Waals surface area contributed by atoms with Crippen molar-refractivity contribution in [3.8, 4) is 0 Å². The Morgan fingerprint density at radius 3 is 2.71 bits per heavy atom. The summed E-state index contributed by atoms with van der Waals surface area (Å²) >= 11 is 0. The molecule has 2 unspecified atom stereocenters. The monoisotopic (exact) mass is 290 g/mol. The predicted molar refractivity (Wildman–Crippen MR) is 83.6 cm³/mol. The van der Waals surface area contributed by atoms with Gasteiger partial charge in [0.15, 0.2) is 0 Å². The van der Waals surface area contributed by atoms with Gasteiger partial charge in [-0.2, -0.15) is 0 Å². The lowest BCUT2D eigenvalue weighted by Gasteiger charge is -2.39. The minimum atomic E-state index is 0.0480. The van der Waals surface area contributed by atoms with Gasteiger partial charge in [0.25, 0.3) is 0 Å². The molecular formula is C16H26N4O. The van der Waals surface area contributed by atoms with E-state index in [0.29, 0.717) is 5.92 Å². The maximum atomic E-state index is 11.0. The van der Waals surface area contributed by atoms with Crippen molar-refractivity contribution in [1.29, 1.82) is 0 Å². The Kier molecular flexibility index (Phi) is 5.70. The molecule has 5 nitrogen and oxygen atoms in total. The molecule has 1 amide bonds. The van der Waals surface area contributed by atoms with E-state index in [2.05, 4.69) is 21.3 Å². The molecule has 0 aromatic carbocycles. The highest BCUT2D eigenvalue weighted by Crippen LogP contribution is 2.27. The molecule has 1 saturated heterocycles. The number of rotatable bonds is 5. The molecule has 21 heavy (non-hydrogen) atoms. The predicted octanol–water partition coefficient (Wildman–Crippen LogP) is 1.32. The van der Waals surface area contributed by atoms with Crippen LogP contribution in [0.1, 0.15) is 38.4 Å². The molecule has 2 atom stereocenters. The van der Waals surface area contributed by atoms with E-state index >= 15 is 0 Å². The number of amides is 1. The molecule has 5 heteroatoms. The third kappa shape index (κ3) is 4.51. The highest BCUT2D eigenvalue weighted by Gasteiger charge is 2.29. The molecule has 0 radical (unpaired) electrons. The fraction of sp³-hybridized carbons (Fsp3) is 0.625. The minimum Gasteiger partial charge on any atom is -0.356 e. The van der Waals surface area contributed by atoms with Crippen molar-refractivity contribution in [2.45, 2.75) is 38.8 Å². The van der Waals surface area contributed by atoms with Crippen LogP contribution < -0.4 is 11.1 Å². The Labute approximate surface area is 126 Å². The van der Waals surface area contributed by atoms with E-state index in [1.807, 2.05) is 25.3 Å². The van der Waals surface area contributed by atoms with E-state index in [1.54, 1.807) is 6.92 Å². The van der Waals surface area contributed by atoms with Gasteiger partial charge in [0, 0.05) is 25.7 Å².